The van der Waals surface area contributed by atoms with Gasteiger partial charge in [-0.15, -0.1) is 0 Å². The van der Waals surface area contributed by atoms with E-state index in [-0.39, 0.29) is 10.9 Å². The van der Waals surface area contributed by atoms with Crippen LogP contribution in [0.2, 0.25) is 0 Å². The van der Waals surface area contributed by atoms with Crippen LogP contribution in [0.15, 0.2) is 58.3 Å². The SMILES string of the molecule is Cc1ccc(C)c([S+](CCl)c2ccccc2)c1.O=S(=O)([O-])C(F)(F)F. The van der Waals surface area contributed by atoms with E-state index in [4.69, 9.17) is 24.6 Å². The first-order valence-electron chi connectivity index (χ1n) is 6.88. The molecule has 0 spiro atoms. The average Bonchev–Trinajstić information content (AvgIpc) is 2.51. The standard InChI is InChI=1S/C15H16ClS.CHF3O3S/c1-12-8-9-13(2)15(10-12)17(11-16)14-6-4-3-5-7-14;2-1(3,4)8(5,6)7/h3-10H,11H2,1-2H3;(H,5,6,7)/q+1;/p-1. The molecular weight excluding hydrogens is 397 g/mol. The number of alkyl halides is 4. The van der Waals surface area contributed by atoms with Gasteiger partial charge in [-0.2, -0.15) is 13.2 Å². The van der Waals surface area contributed by atoms with Gasteiger partial charge in [0.1, 0.15) is 0 Å². The van der Waals surface area contributed by atoms with Crippen LogP contribution in [-0.4, -0.2) is 23.7 Å². The third-order valence-corrected chi connectivity index (χ3v) is 6.28. The lowest BCUT2D eigenvalue weighted by Crippen LogP contribution is -2.21. The third-order valence-electron chi connectivity index (χ3n) is 3.03. The van der Waals surface area contributed by atoms with E-state index in [2.05, 4.69) is 56.3 Å². The highest BCUT2D eigenvalue weighted by Crippen LogP contribution is 2.28. The quantitative estimate of drug-likeness (QED) is 0.320. The number of aryl methyl sites for hydroxylation is 2. The van der Waals surface area contributed by atoms with Crippen LogP contribution in [0.25, 0.3) is 0 Å². The minimum atomic E-state index is -6.09. The number of halogens is 4. The van der Waals surface area contributed by atoms with Crippen molar-refractivity contribution < 1.29 is 26.1 Å². The van der Waals surface area contributed by atoms with E-state index in [9.17, 15) is 13.2 Å². The van der Waals surface area contributed by atoms with Gasteiger partial charge >= 0.3 is 5.51 Å². The molecule has 2 rings (SSSR count). The van der Waals surface area contributed by atoms with Gasteiger partial charge < -0.3 is 4.55 Å². The summed E-state index contributed by atoms with van der Waals surface area (Å²) < 4.78 is 58.9. The molecule has 2 aromatic rings. The van der Waals surface area contributed by atoms with Crippen molar-refractivity contribution in [2.45, 2.75) is 29.1 Å². The van der Waals surface area contributed by atoms with Crippen molar-refractivity contribution in [3.63, 3.8) is 0 Å². The molecule has 0 saturated heterocycles. The minimum Gasteiger partial charge on any atom is -0.741 e. The van der Waals surface area contributed by atoms with Crippen LogP contribution in [0.4, 0.5) is 13.2 Å². The Labute approximate surface area is 152 Å². The minimum absolute atomic E-state index is 0.0146. The number of hydrogen-bond donors (Lipinski definition) is 0. The molecule has 0 amide bonds. The first-order valence-corrected chi connectivity index (χ1v) is 10.2. The number of benzene rings is 2. The summed E-state index contributed by atoms with van der Waals surface area (Å²) in [7, 11) is -6.10. The molecule has 0 aliphatic carbocycles. The van der Waals surface area contributed by atoms with Gasteiger partial charge in [-0.1, -0.05) is 41.9 Å². The van der Waals surface area contributed by atoms with E-state index >= 15 is 0 Å². The Kier molecular flexibility index (Phi) is 7.80. The fraction of sp³-hybridized carbons (Fsp3) is 0.250. The molecule has 0 fully saturated rings. The van der Waals surface area contributed by atoms with Crippen LogP contribution in [0.3, 0.4) is 0 Å². The fourth-order valence-electron chi connectivity index (χ4n) is 1.81. The highest BCUT2D eigenvalue weighted by molar-refractivity contribution is 7.98. The zero-order valence-corrected chi connectivity index (χ0v) is 15.8. The monoisotopic (exact) mass is 412 g/mol. The van der Waals surface area contributed by atoms with Gasteiger partial charge in [0.2, 0.25) is 0 Å². The summed E-state index contributed by atoms with van der Waals surface area (Å²) in [6, 6.07) is 17.1. The molecule has 1 unspecified atom stereocenters. The molecule has 0 aromatic heterocycles. The molecule has 0 aliphatic heterocycles. The lowest BCUT2D eigenvalue weighted by molar-refractivity contribution is -0.0517. The highest BCUT2D eigenvalue weighted by atomic mass is 35.5. The molecular formula is C16H16ClF3O3S2. The van der Waals surface area contributed by atoms with Crippen LogP contribution < -0.4 is 0 Å². The smallest absolute Gasteiger partial charge is 0.485 e. The van der Waals surface area contributed by atoms with Crippen LogP contribution in [-0.2, 0) is 21.0 Å². The molecule has 0 aliphatic rings. The van der Waals surface area contributed by atoms with Crippen LogP contribution in [0.1, 0.15) is 11.1 Å². The zero-order valence-electron chi connectivity index (χ0n) is 13.4. The summed E-state index contributed by atoms with van der Waals surface area (Å²) in [6.45, 7) is 4.29. The van der Waals surface area contributed by atoms with E-state index in [1.807, 2.05) is 6.07 Å². The predicted octanol–water partition coefficient (Wildman–Crippen LogP) is 4.59. The molecule has 9 heteroatoms. The number of hydrogen-bond acceptors (Lipinski definition) is 3. The summed E-state index contributed by atoms with van der Waals surface area (Å²) in [5.41, 5.74) is -3.03. The first-order chi connectivity index (χ1) is 11.5. The summed E-state index contributed by atoms with van der Waals surface area (Å²) in [6.07, 6.45) is 0. The Morgan fingerprint density at radius 2 is 1.60 bits per heavy atom. The average molecular weight is 413 g/mol. The van der Waals surface area contributed by atoms with Crippen LogP contribution in [0.5, 0.6) is 0 Å². The molecule has 0 heterocycles. The highest BCUT2D eigenvalue weighted by Gasteiger charge is 2.36. The summed E-state index contributed by atoms with van der Waals surface area (Å²) in [4.78, 5) is 2.68. The van der Waals surface area contributed by atoms with Crippen molar-refractivity contribution in [3.05, 3.63) is 59.7 Å². The Morgan fingerprint density at radius 1 is 1.08 bits per heavy atom. The molecule has 0 radical (unpaired) electrons. The summed E-state index contributed by atoms with van der Waals surface area (Å²) in [5.74, 6) is 0. The second-order valence-electron chi connectivity index (χ2n) is 4.98. The molecule has 0 N–H and O–H groups in total. The van der Waals surface area contributed by atoms with Crippen LogP contribution >= 0.6 is 11.6 Å². The summed E-state index contributed by atoms with van der Waals surface area (Å²) >= 11 is 6.17. The van der Waals surface area contributed by atoms with E-state index < -0.39 is 15.6 Å². The lowest BCUT2D eigenvalue weighted by atomic mass is 10.2. The lowest BCUT2D eigenvalue weighted by Gasteiger charge is -2.08. The van der Waals surface area contributed by atoms with Gasteiger partial charge in [0.25, 0.3) is 0 Å². The van der Waals surface area contributed by atoms with Crippen LogP contribution in [0, 0.1) is 13.8 Å². The topological polar surface area (TPSA) is 57.2 Å². The normalized spacial score (nSPS) is 12.9. The van der Waals surface area contributed by atoms with Crippen molar-refractivity contribution >= 4 is 32.6 Å². The van der Waals surface area contributed by atoms with Crippen molar-refractivity contribution in [3.8, 4) is 0 Å². The van der Waals surface area contributed by atoms with Gasteiger partial charge in [0, 0.05) is 5.56 Å². The molecule has 0 saturated carbocycles. The van der Waals surface area contributed by atoms with Gasteiger partial charge in [-0.25, -0.2) is 8.42 Å². The van der Waals surface area contributed by atoms with E-state index in [1.54, 1.807) is 0 Å². The van der Waals surface area contributed by atoms with E-state index in [0.29, 0.717) is 5.21 Å². The fourth-order valence-corrected chi connectivity index (χ4v) is 4.30. The molecule has 25 heavy (non-hydrogen) atoms. The third kappa shape index (κ3) is 6.54. The zero-order chi connectivity index (χ0) is 19.3. The maximum Gasteiger partial charge on any atom is 0.485 e. The Bertz CT molecular complexity index is 794. The van der Waals surface area contributed by atoms with Gasteiger partial charge in [0.05, 0.1) is 10.9 Å². The summed E-state index contributed by atoms with van der Waals surface area (Å²) in [5, 5.41) is 0.647. The first kappa shape index (κ1) is 21.8. The van der Waals surface area contributed by atoms with Gasteiger partial charge in [0.15, 0.2) is 25.1 Å². The Hall–Kier alpha value is -1.22. The van der Waals surface area contributed by atoms with Crippen molar-refractivity contribution in [2.24, 2.45) is 0 Å². The molecule has 1 atom stereocenters. The number of rotatable bonds is 3. The maximum absolute atomic E-state index is 10.7. The van der Waals surface area contributed by atoms with E-state index in [0.717, 1.165) is 0 Å². The molecule has 3 nitrogen and oxygen atoms in total. The van der Waals surface area contributed by atoms with E-state index in [1.165, 1.54) is 20.9 Å². The predicted molar refractivity (Wildman–Crippen MR) is 92.7 cm³/mol. The second kappa shape index (κ2) is 8.93. The molecule has 2 aromatic carbocycles. The largest absolute Gasteiger partial charge is 0.741 e. The van der Waals surface area contributed by atoms with Gasteiger partial charge in [-0.3, -0.25) is 0 Å². The van der Waals surface area contributed by atoms with Crippen molar-refractivity contribution in [1.29, 1.82) is 0 Å². The Balaban J connectivity index is 0.000000333. The van der Waals surface area contributed by atoms with Gasteiger partial charge in [-0.05, 0) is 37.6 Å². The van der Waals surface area contributed by atoms with Crippen molar-refractivity contribution in [1.82, 2.24) is 0 Å². The molecule has 0 bridgehead atoms. The second-order valence-corrected chi connectivity index (χ2v) is 8.92. The Morgan fingerprint density at radius 3 is 2.04 bits per heavy atom. The maximum atomic E-state index is 10.7. The molecule has 138 valence electrons. The van der Waals surface area contributed by atoms with Crippen molar-refractivity contribution in [2.75, 3.05) is 5.21 Å².